The molecule has 7 nitrogen and oxygen atoms in total. The molecule has 3 aromatic rings. The van der Waals surface area contributed by atoms with Crippen LogP contribution in [0.25, 0.3) is 11.3 Å². The van der Waals surface area contributed by atoms with E-state index in [4.69, 9.17) is 4.74 Å². The van der Waals surface area contributed by atoms with Crippen molar-refractivity contribution in [2.75, 3.05) is 0 Å². The van der Waals surface area contributed by atoms with Crippen molar-refractivity contribution in [2.24, 2.45) is 0 Å². The van der Waals surface area contributed by atoms with Crippen LogP contribution in [0.3, 0.4) is 0 Å². The van der Waals surface area contributed by atoms with Gasteiger partial charge in [-0.25, -0.2) is 9.78 Å². The Kier molecular flexibility index (Phi) is 7.15. The van der Waals surface area contributed by atoms with Crippen molar-refractivity contribution in [2.45, 2.75) is 52.2 Å². The summed E-state index contributed by atoms with van der Waals surface area (Å²) in [7, 11) is 0. The van der Waals surface area contributed by atoms with E-state index in [-0.39, 0.29) is 35.1 Å². The lowest BCUT2D eigenvalue weighted by Crippen LogP contribution is -2.32. The first kappa shape index (κ1) is 26.1. The van der Waals surface area contributed by atoms with Crippen molar-refractivity contribution < 1.29 is 41.3 Å². The second-order valence-corrected chi connectivity index (χ2v) is 9.21. The van der Waals surface area contributed by atoms with Gasteiger partial charge in [-0.3, -0.25) is 0 Å². The number of amides is 1. The molecule has 0 aliphatic carbocycles. The molecule has 196 valence electrons. The van der Waals surface area contributed by atoms with Gasteiger partial charge in [0, 0.05) is 24.2 Å². The maximum absolute atomic E-state index is 13.4. The van der Waals surface area contributed by atoms with Gasteiger partial charge in [0.25, 0.3) is 0 Å². The molecule has 0 spiro atoms. The van der Waals surface area contributed by atoms with E-state index in [1.54, 1.807) is 26.8 Å². The summed E-state index contributed by atoms with van der Waals surface area (Å²) in [6, 6.07) is 14.1. The van der Waals surface area contributed by atoms with Crippen LogP contribution in [0.2, 0.25) is 0 Å². The highest BCUT2D eigenvalue weighted by atomic mass is 19.3. The van der Waals surface area contributed by atoms with Gasteiger partial charge in [0.2, 0.25) is 0 Å². The van der Waals surface area contributed by atoms with Crippen LogP contribution >= 0.6 is 0 Å². The molecular weight excluding hydrogens is 496 g/mol. The van der Waals surface area contributed by atoms with E-state index in [0.29, 0.717) is 12.1 Å². The standard InChI is InChI=1S/C26H24F4N2O5/c1-25(2,3)37-24(33)31-14-16-6-4-15(5-7-16)12-18-9-11-20(34-23(27)28)22(32-18)17-8-10-19-21(13-17)36-26(29,30)35-19/h4-11,13,23H,12,14H2,1-3H3,(H,31,33). The third-order valence-electron chi connectivity index (χ3n) is 5.05. The fourth-order valence-corrected chi connectivity index (χ4v) is 3.55. The van der Waals surface area contributed by atoms with E-state index in [1.807, 2.05) is 24.3 Å². The molecule has 2 heterocycles. The number of pyridine rings is 1. The zero-order valence-corrected chi connectivity index (χ0v) is 20.2. The normalized spacial score (nSPS) is 13.9. The molecule has 11 heteroatoms. The van der Waals surface area contributed by atoms with E-state index in [1.165, 1.54) is 24.3 Å². The molecule has 1 aromatic heterocycles. The molecule has 1 N–H and O–H groups in total. The number of hydrogen-bond donors (Lipinski definition) is 1. The Morgan fingerprint density at radius 1 is 1.00 bits per heavy atom. The van der Waals surface area contributed by atoms with Crippen LogP contribution in [0.1, 0.15) is 37.6 Å². The average Bonchev–Trinajstić information content (AvgIpc) is 3.11. The highest BCUT2D eigenvalue weighted by Gasteiger charge is 2.43. The number of ether oxygens (including phenoxy) is 4. The third-order valence-corrected chi connectivity index (χ3v) is 5.05. The number of fused-ring (bicyclic) bond motifs is 1. The number of alkyl halides is 4. The lowest BCUT2D eigenvalue weighted by Gasteiger charge is -2.19. The fourth-order valence-electron chi connectivity index (χ4n) is 3.55. The molecule has 2 aromatic carbocycles. The van der Waals surface area contributed by atoms with Crippen molar-refractivity contribution in [3.05, 3.63) is 71.4 Å². The van der Waals surface area contributed by atoms with Crippen LogP contribution in [-0.2, 0) is 17.7 Å². The number of benzene rings is 2. The van der Waals surface area contributed by atoms with Crippen molar-refractivity contribution in [1.29, 1.82) is 0 Å². The quantitative estimate of drug-likeness (QED) is 0.369. The van der Waals surface area contributed by atoms with Crippen LogP contribution in [0.5, 0.6) is 17.2 Å². The molecule has 1 amide bonds. The molecule has 1 aliphatic rings. The van der Waals surface area contributed by atoms with Crippen molar-refractivity contribution in [3.63, 3.8) is 0 Å². The number of hydrogen-bond acceptors (Lipinski definition) is 6. The van der Waals surface area contributed by atoms with Gasteiger partial charge in [0.15, 0.2) is 17.2 Å². The van der Waals surface area contributed by atoms with Gasteiger partial charge >= 0.3 is 19.0 Å². The number of alkyl carbamates (subject to hydrolysis) is 1. The van der Waals surface area contributed by atoms with Gasteiger partial charge in [0.1, 0.15) is 11.3 Å². The summed E-state index contributed by atoms with van der Waals surface area (Å²) in [5.41, 5.74) is 1.92. The minimum atomic E-state index is -3.81. The summed E-state index contributed by atoms with van der Waals surface area (Å²) in [5, 5.41) is 2.68. The summed E-state index contributed by atoms with van der Waals surface area (Å²) in [5.74, 6) is -0.635. The lowest BCUT2D eigenvalue weighted by atomic mass is 10.0. The third kappa shape index (κ3) is 7.02. The van der Waals surface area contributed by atoms with Crippen LogP contribution < -0.4 is 19.5 Å². The molecule has 0 atom stereocenters. The number of carbonyl (C=O) groups is 1. The van der Waals surface area contributed by atoms with Crippen LogP contribution in [0.15, 0.2) is 54.6 Å². The molecule has 0 radical (unpaired) electrons. The highest BCUT2D eigenvalue weighted by molar-refractivity contribution is 5.70. The van der Waals surface area contributed by atoms with Gasteiger partial charge < -0.3 is 24.3 Å². The molecule has 1 aliphatic heterocycles. The van der Waals surface area contributed by atoms with Crippen LogP contribution in [-0.4, -0.2) is 29.6 Å². The molecule has 0 saturated heterocycles. The maximum Gasteiger partial charge on any atom is 0.586 e. The summed E-state index contributed by atoms with van der Waals surface area (Å²) in [4.78, 5) is 16.3. The maximum atomic E-state index is 13.4. The van der Waals surface area contributed by atoms with E-state index in [0.717, 1.165) is 11.1 Å². The van der Waals surface area contributed by atoms with Crippen molar-refractivity contribution in [1.82, 2.24) is 10.3 Å². The second kappa shape index (κ2) is 10.2. The fraction of sp³-hybridized carbons (Fsp3) is 0.308. The Morgan fingerprint density at radius 2 is 1.68 bits per heavy atom. The number of nitrogens with one attached hydrogen (secondary N) is 1. The molecular formula is C26H24F4N2O5. The number of aromatic nitrogens is 1. The Bertz CT molecular complexity index is 1280. The zero-order chi connectivity index (χ0) is 26.8. The number of carbonyl (C=O) groups excluding carboxylic acids is 1. The predicted octanol–water partition coefficient (Wildman–Crippen LogP) is 6.29. The molecule has 37 heavy (non-hydrogen) atoms. The van der Waals surface area contributed by atoms with Gasteiger partial charge in [-0.1, -0.05) is 24.3 Å². The first-order chi connectivity index (χ1) is 17.4. The topological polar surface area (TPSA) is 78.9 Å². The van der Waals surface area contributed by atoms with E-state index >= 15 is 0 Å². The average molecular weight is 520 g/mol. The Morgan fingerprint density at radius 3 is 2.35 bits per heavy atom. The number of nitrogens with zero attached hydrogens (tertiary/aromatic N) is 1. The summed E-state index contributed by atoms with van der Waals surface area (Å²) < 4.78 is 71.4. The monoisotopic (exact) mass is 520 g/mol. The number of rotatable bonds is 7. The van der Waals surface area contributed by atoms with Gasteiger partial charge in [0.05, 0.1) is 0 Å². The highest BCUT2D eigenvalue weighted by Crippen LogP contribution is 2.44. The SMILES string of the molecule is CC(C)(C)OC(=O)NCc1ccc(Cc2ccc(OC(F)F)c(-c3ccc4c(c3)OC(F)(F)O4)n2)cc1. The van der Waals surface area contributed by atoms with E-state index < -0.39 is 24.6 Å². The molecule has 0 bridgehead atoms. The first-order valence-corrected chi connectivity index (χ1v) is 11.3. The lowest BCUT2D eigenvalue weighted by molar-refractivity contribution is -0.286. The second-order valence-electron chi connectivity index (χ2n) is 9.21. The molecule has 0 saturated carbocycles. The minimum Gasteiger partial charge on any atom is -0.444 e. The van der Waals surface area contributed by atoms with Crippen molar-refractivity contribution in [3.8, 4) is 28.5 Å². The Hall–Kier alpha value is -4.02. The number of halogens is 4. The molecule has 0 unspecified atom stereocenters. The molecule has 4 rings (SSSR count). The Labute approximate surface area is 210 Å². The molecule has 0 fully saturated rings. The summed E-state index contributed by atoms with van der Waals surface area (Å²) in [6.07, 6.45) is -3.98. The Balaban J connectivity index is 1.50. The smallest absolute Gasteiger partial charge is 0.444 e. The van der Waals surface area contributed by atoms with Gasteiger partial charge in [-0.2, -0.15) is 8.78 Å². The van der Waals surface area contributed by atoms with Gasteiger partial charge in [-0.05, 0) is 62.2 Å². The van der Waals surface area contributed by atoms with E-state index in [9.17, 15) is 22.4 Å². The minimum absolute atomic E-state index is 0.0394. The summed E-state index contributed by atoms with van der Waals surface area (Å²) in [6.45, 7) is 2.50. The van der Waals surface area contributed by atoms with Gasteiger partial charge in [-0.15, -0.1) is 8.78 Å². The first-order valence-electron chi connectivity index (χ1n) is 11.3. The van der Waals surface area contributed by atoms with Crippen LogP contribution in [0, 0.1) is 0 Å². The van der Waals surface area contributed by atoms with E-state index in [2.05, 4.69) is 24.5 Å². The van der Waals surface area contributed by atoms with Crippen molar-refractivity contribution >= 4 is 6.09 Å². The predicted molar refractivity (Wildman–Crippen MR) is 125 cm³/mol. The zero-order valence-electron chi connectivity index (χ0n) is 20.2. The largest absolute Gasteiger partial charge is 0.586 e. The van der Waals surface area contributed by atoms with Crippen LogP contribution in [0.4, 0.5) is 22.4 Å². The summed E-state index contributed by atoms with van der Waals surface area (Å²) >= 11 is 0.